The van der Waals surface area contributed by atoms with Gasteiger partial charge < -0.3 is 30.6 Å². The number of halogens is 3. The second kappa shape index (κ2) is 8.28. The van der Waals surface area contributed by atoms with E-state index in [2.05, 4.69) is 0 Å². The Morgan fingerprint density at radius 2 is 1.64 bits per heavy atom. The van der Waals surface area contributed by atoms with Gasteiger partial charge in [0.05, 0.1) is 31.8 Å². The minimum Gasteiger partial charge on any atom is -0.512 e. The first kappa shape index (κ1) is 22.5. The molecule has 2 rings (SSSR count). The van der Waals surface area contributed by atoms with Crippen molar-refractivity contribution < 1.29 is 43.8 Å². The Kier molecular flexibility index (Phi) is 6.65. The number of aliphatic hydroxyl groups excluding tert-OH is 6. The number of allylic oxidation sites excluding steroid dienone is 2. The Bertz CT molecular complexity index is 734. The lowest BCUT2D eigenvalue weighted by Gasteiger charge is -2.44. The van der Waals surface area contributed by atoms with Crippen LogP contribution in [0.1, 0.15) is 19.8 Å². The van der Waals surface area contributed by atoms with E-state index in [0.29, 0.717) is 0 Å². The molecule has 28 heavy (non-hydrogen) atoms. The van der Waals surface area contributed by atoms with E-state index >= 15 is 0 Å². The summed E-state index contributed by atoms with van der Waals surface area (Å²) in [7, 11) is 0. The molecule has 0 saturated carbocycles. The summed E-state index contributed by atoms with van der Waals surface area (Å²) in [4.78, 5) is 0. The molecule has 0 saturated heterocycles. The monoisotopic (exact) mass is 406 g/mol. The fourth-order valence-corrected chi connectivity index (χ4v) is 3.85. The van der Waals surface area contributed by atoms with Crippen LogP contribution in [0.4, 0.5) is 13.2 Å². The zero-order valence-corrected chi connectivity index (χ0v) is 15.4. The van der Waals surface area contributed by atoms with E-state index in [0.717, 1.165) is 19.1 Å². The zero-order chi connectivity index (χ0) is 21.3. The maximum Gasteiger partial charge on any atom is 0.398 e. The van der Waals surface area contributed by atoms with E-state index in [9.17, 15) is 43.8 Å². The van der Waals surface area contributed by atoms with Gasteiger partial charge in [0.2, 0.25) is 0 Å². The molecule has 0 aromatic heterocycles. The standard InChI is InChI=1S/C19H25F3O6/c1-18(19(20,21)22,14-2-10(6-23)16(27)11(3-14)7-24)15-4-12(8-25)17(28)13(5-15)9-26/h2,4,11,15,23-28H,3,5-9H2,1H3. The Balaban J connectivity index is 2.63. The molecule has 0 aromatic rings. The van der Waals surface area contributed by atoms with Crippen molar-refractivity contribution in [1.82, 2.24) is 0 Å². The van der Waals surface area contributed by atoms with Crippen LogP contribution in [0.25, 0.3) is 0 Å². The smallest absolute Gasteiger partial charge is 0.398 e. The van der Waals surface area contributed by atoms with Crippen molar-refractivity contribution in [2.45, 2.75) is 25.9 Å². The predicted octanol–water partition coefficient (Wildman–Crippen LogP) is 2.04. The molecule has 158 valence electrons. The summed E-state index contributed by atoms with van der Waals surface area (Å²) in [5.41, 5.74) is -2.84. The molecular formula is C19H25F3O6. The third-order valence-corrected chi connectivity index (χ3v) is 5.79. The summed E-state index contributed by atoms with van der Waals surface area (Å²) < 4.78 is 42.9. The summed E-state index contributed by atoms with van der Waals surface area (Å²) in [6, 6.07) is 0. The van der Waals surface area contributed by atoms with Crippen molar-refractivity contribution in [3.05, 3.63) is 46.0 Å². The fraction of sp³-hybridized carbons (Fsp3) is 0.579. The Morgan fingerprint density at radius 3 is 2.11 bits per heavy atom. The van der Waals surface area contributed by atoms with Gasteiger partial charge in [-0.2, -0.15) is 13.2 Å². The quantitative estimate of drug-likeness (QED) is 0.402. The van der Waals surface area contributed by atoms with Crippen molar-refractivity contribution in [3.8, 4) is 0 Å². The molecular weight excluding hydrogens is 381 g/mol. The summed E-state index contributed by atoms with van der Waals surface area (Å²) in [6.45, 7) is -1.66. The molecule has 0 aromatic carbocycles. The number of alkyl halides is 3. The highest BCUT2D eigenvalue weighted by Gasteiger charge is 2.58. The van der Waals surface area contributed by atoms with E-state index < -0.39 is 55.6 Å². The van der Waals surface area contributed by atoms with Crippen molar-refractivity contribution in [1.29, 1.82) is 0 Å². The van der Waals surface area contributed by atoms with Gasteiger partial charge in [-0.3, -0.25) is 0 Å². The SMILES string of the molecule is CC(C1=CC(CO)=C(O)C(CO)C1)(C1C=C(CO)C(O)=C(CO)C1)C(F)(F)F. The Hall–Kier alpha value is -1.81. The van der Waals surface area contributed by atoms with Crippen LogP contribution in [-0.4, -0.2) is 63.2 Å². The van der Waals surface area contributed by atoms with Gasteiger partial charge in [0.1, 0.15) is 11.5 Å². The van der Waals surface area contributed by atoms with E-state index in [1.54, 1.807) is 0 Å². The van der Waals surface area contributed by atoms with Crippen LogP contribution in [0.5, 0.6) is 0 Å². The predicted molar refractivity (Wildman–Crippen MR) is 94.2 cm³/mol. The summed E-state index contributed by atoms with van der Waals surface area (Å²) in [6.07, 6.45) is -3.08. The van der Waals surface area contributed by atoms with Crippen molar-refractivity contribution in [2.75, 3.05) is 26.4 Å². The molecule has 0 amide bonds. The first-order valence-electron chi connectivity index (χ1n) is 8.80. The van der Waals surface area contributed by atoms with Crippen molar-refractivity contribution in [3.63, 3.8) is 0 Å². The third-order valence-electron chi connectivity index (χ3n) is 5.79. The number of hydrogen-bond donors (Lipinski definition) is 6. The Labute approximate surface area is 160 Å². The van der Waals surface area contributed by atoms with E-state index in [-0.39, 0.29) is 40.9 Å². The fourth-order valence-electron chi connectivity index (χ4n) is 3.85. The molecule has 0 bridgehead atoms. The van der Waals surface area contributed by atoms with Crippen LogP contribution < -0.4 is 0 Å². The van der Waals surface area contributed by atoms with Crippen LogP contribution in [0.3, 0.4) is 0 Å². The average molecular weight is 406 g/mol. The summed E-state index contributed by atoms with van der Waals surface area (Å²) in [5.74, 6) is -2.99. The van der Waals surface area contributed by atoms with Gasteiger partial charge in [-0.25, -0.2) is 0 Å². The maximum atomic E-state index is 14.3. The van der Waals surface area contributed by atoms with Crippen LogP contribution in [-0.2, 0) is 0 Å². The first-order valence-corrected chi connectivity index (χ1v) is 8.80. The summed E-state index contributed by atoms with van der Waals surface area (Å²) >= 11 is 0. The molecule has 6 nitrogen and oxygen atoms in total. The molecule has 9 heteroatoms. The van der Waals surface area contributed by atoms with Gasteiger partial charge in [-0.15, -0.1) is 0 Å². The second-order valence-corrected chi connectivity index (χ2v) is 7.29. The third kappa shape index (κ3) is 3.71. The molecule has 0 spiro atoms. The highest BCUT2D eigenvalue weighted by molar-refractivity contribution is 5.41. The van der Waals surface area contributed by atoms with Crippen LogP contribution in [0.2, 0.25) is 0 Å². The van der Waals surface area contributed by atoms with E-state index in [1.807, 2.05) is 0 Å². The molecule has 0 fully saturated rings. The normalized spacial score (nSPS) is 26.1. The molecule has 0 radical (unpaired) electrons. The van der Waals surface area contributed by atoms with Gasteiger partial charge in [0.25, 0.3) is 0 Å². The highest BCUT2D eigenvalue weighted by Crippen LogP contribution is 2.56. The van der Waals surface area contributed by atoms with Gasteiger partial charge in [-0.1, -0.05) is 17.7 Å². The minimum atomic E-state index is -4.76. The summed E-state index contributed by atoms with van der Waals surface area (Å²) in [5, 5.41) is 57.8. The lowest BCUT2D eigenvalue weighted by molar-refractivity contribution is -0.217. The van der Waals surface area contributed by atoms with Gasteiger partial charge >= 0.3 is 6.18 Å². The van der Waals surface area contributed by atoms with Crippen LogP contribution in [0.15, 0.2) is 46.0 Å². The molecule has 2 aliphatic carbocycles. The number of aliphatic hydroxyl groups is 6. The lowest BCUT2D eigenvalue weighted by Crippen LogP contribution is -2.45. The zero-order valence-electron chi connectivity index (χ0n) is 15.4. The Morgan fingerprint density at radius 1 is 1.00 bits per heavy atom. The average Bonchev–Trinajstić information content (AvgIpc) is 2.66. The van der Waals surface area contributed by atoms with Gasteiger partial charge in [0.15, 0.2) is 0 Å². The van der Waals surface area contributed by atoms with Gasteiger partial charge in [0, 0.05) is 17.1 Å². The largest absolute Gasteiger partial charge is 0.512 e. The van der Waals surface area contributed by atoms with Crippen molar-refractivity contribution in [2.24, 2.45) is 17.3 Å². The highest BCUT2D eigenvalue weighted by atomic mass is 19.4. The molecule has 0 aliphatic heterocycles. The first-order chi connectivity index (χ1) is 13.0. The minimum absolute atomic E-state index is 0.0112. The molecule has 0 heterocycles. The topological polar surface area (TPSA) is 121 Å². The molecule has 3 unspecified atom stereocenters. The molecule has 2 aliphatic rings. The lowest BCUT2D eigenvalue weighted by atomic mass is 9.63. The number of rotatable bonds is 6. The second-order valence-electron chi connectivity index (χ2n) is 7.29. The van der Waals surface area contributed by atoms with Gasteiger partial charge in [-0.05, 0) is 31.3 Å². The van der Waals surface area contributed by atoms with Crippen LogP contribution >= 0.6 is 0 Å². The number of hydrogen-bond acceptors (Lipinski definition) is 6. The molecule has 3 atom stereocenters. The van der Waals surface area contributed by atoms with E-state index in [1.165, 1.54) is 0 Å². The van der Waals surface area contributed by atoms with Crippen molar-refractivity contribution >= 4 is 0 Å². The van der Waals surface area contributed by atoms with E-state index in [4.69, 9.17) is 0 Å². The molecule has 6 N–H and O–H groups in total. The maximum absolute atomic E-state index is 14.3. The van der Waals surface area contributed by atoms with Crippen LogP contribution in [0, 0.1) is 17.3 Å².